The lowest BCUT2D eigenvalue weighted by Gasteiger charge is -2.02. The van der Waals surface area contributed by atoms with Crippen LogP contribution in [0, 0.1) is 0 Å². The predicted molar refractivity (Wildman–Crippen MR) is 106 cm³/mol. The molecule has 4 aromatic rings. The van der Waals surface area contributed by atoms with Gasteiger partial charge in [0.2, 0.25) is 0 Å². The van der Waals surface area contributed by atoms with Crippen LogP contribution in [0.5, 0.6) is 0 Å². The zero-order chi connectivity index (χ0) is 17.1. The molecule has 0 atom stereocenters. The summed E-state index contributed by atoms with van der Waals surface area (Å²) in [6, 6.07) is 23.4. The van der Waals surface area contributed by atoms with E-state index in [4.69, 9.17) is 22.9 Å². The Morgan fingerprint density at radius 2 is 0.792 bits per heavy atom. The SMILES string of the molecule is Nc1cc2ccccc2cc1N.Nc1ccc2cc(N)ccc2c1. The lowest BCUT2D eigenvalue weighted by Crippen LogP contribution is -1.93. The number of hydrogen-bond donors (Lipinski definition) is 4. The summed E-state index contributed by atoms with van der Waals surface area (Å²) in [5.41, 5.74) is 25.4. The zero-order valence-electron chi connectivity index (χ0n) is 13.2. The first-order valence-corrected chi connectivity index (χ1v) is 7.61. The Morgan fingerprint density at radius 3 is 1.21 bits per heavy atom. The van der Waals surface area contributed by atoms with E-state index in [0.29, 0.717) is 11.4 Å². The molecule has 0 heterocycles. The van der Waals surface area contributed by atoms with Crippen LogP contribution in [0.15, 0.2) is 72.8 Å². The fourth-order valence-electron chi connectivity index (χ4n) is 2.56. The molecule has 0 spiro atoms. The highest BCUT2D eigenvalue weighted by Crippen LogP contribution is 2.23. The van der Waals surface area contributed by atoms with Crippen molar-refractivity contribution in [3.63, 3.8) is 0 Å². The van der Waals surface area contributed by atoms with Crippen molar-refractivity contribution in [2.45, 2.75) is 0 Å². The Bertz CT molecular complexity index is 926. The highest BCUT2D eigenvalue weighted by Gasteiger charge is 1.96. The number of benzene rings is 4. The van der Waals surface area contributed by atoms with Gasteiger partial charge < -0.3 is 22.9 Å². The average Bonchev–Trinajstić information content (AvgIpc) is 2.57. The first-order valence-electron chi connectivity index (χ1n) is 7.61. The number of hydrogen-bond acceptors (Lipinski definition) is 4. The summed E-state index contributed by atoms with van der Waals surface area (Å²) in [5.74, 6) is 0. The molecule has 4 rings (SSSR count). The molecule has 0 aliphatic heterocycles. The van der Waals surface area contributed by atoms with E-state index in [2.05, 4.69) is 0 Å². The van der Waals surface area contributed by atoms with Crippen LogP contribution in [0.2, 0.25) is 0 Å². The third-order valence-electron chi connectivity index (χ3n) is 3.84. The summed E-state index contributed by atoms with van der Waals surface area (Å²) < 4.78 is 0. The number of fused-ring (bicyclic) bond motifs is 2. The molecule has 0 aromatic heterocycles. The van der Waals surface area contributed by atoms with Crippen molar-refractivity contribution >= 4 is 44.3 Å². The Balaban J connectivity index is 0.000000141. The normalized spacial score (nSPS) is 10.3. The summed E-state index contributed by atoms with van der Waals surface area (Å²) in [7, 11) is 0. The van der Waals surface area contributed by atoms with Crippen LogP contribution in [0.1, 0.15) is 0 Å². The fraction of sp³-hybridized carbons (Fsp3) is 0. The van der Waals surface area contributed by atoms with Crippen molar-refractivity contribution in [3.05, 3.63) is 72.8 Å². The van der Waals surface area contributed by atoms with E-state index in [1.807, 2.05) is 72.8 Å². The summed E-state index contributed by atoms with van der Waals surface area (Å²) in [5, 5.41) is 4.52. The third kappa shape index (κ3) is 3.33. The summed E-state index contributed by atoms with van der Waals surface area (Å²) in [4.78, 5) is 0. The molecule has 0 aliphatic rings. The minimum absolute atomic E-state index is 0.647. The maximum absolute atomic E-state index is 5.66. The van der Waals surface area contributed by atoms with Crippen LogP contribution >= 0.6 is 0 Å². The molecule has 0 amide bonds. The van der Waals surface area contributed by atoms with E-state index in [9.17, 15) is 0 Å². The van der Waals surface area contributed by atoms with Gasteiger partial charge in [0.15, 0.2) is 0 Å². The second-order valence-corrected chi connectivity index (χ2v) is 5.69. The van der Waals surface area contributed by atoms with E-state index in [0.717, 1.165) is 32.9 Å². The lowest BCUT2D eigenvalue weighted by molar-refractivity contribution is 1.70. The van der Waals surface area contributed by atoms with Crippen LogP contribution in [-0.2, 0) is 0 Å². The Kier molecular flexibility index (Phi) is 4.12. The van der Waals surface area contributed by atoms with E-state index < -0.39 is 0 Å². The molecule has 0 saturated carbocycles. The molecule has 0 aliphatic carbocycles. The highest BCUT2D eigenvalue weighted by molar-refractivity contribution is 5.90. The smallest absolute Gasteiger partial charge is 0.0554 e. The van der Waals surface area contributed by atoms with E-state index in [1.165, 1.54) is 0 Å². The predicted octanol–water partition coefficient (Wildman–Crippen LogP) is 4.01. The molecule has 8 N–H and O–H groups in total. The highest BCUT2D eigenvalue weighted by atomic mass is 14.7. The van der Waals surface area contributed by atoms with Crippen molar-refractivity contribution in [3.8, 4) is 0 Å². The van der Waals surface area contributed by atoms with Crippen LogP contribution in [0.25, 0.3) is 21.5 Å². The van der Waals surface area contributed by atoms with Crippen molar-refractivity contribution in [1.82, 2.24) is 0 Å². The van der Waals surface area contributed by atoms with Gasteiger partial charge in [0, 0.05) is 11.4 Å². The Morgan fingerprint density at radius 1 is 0.417 bits per heavy atom. The molecular weight excluding hydrogens is 296 g/mol. The monoisotopic (exact) mass is 316 g/mol. The van der Waals surface area contributed by atoms with E-state index >= 15 is 0 Å². The largest absolute Gasteiger partial charge is 0.399 e. The first-order chi connectivity index (χ1) is 11.5. The van der Waals surface area contributed by atoms with Crippen molar-refractivity contribution in [1.29, 1.82) is 0 Å². The van der Waals surface area contributed by atoms with Crippen LogP contribution in [-0.4, -0.2) is 0 Å². The van der Waals surface area contributed by atoms with Gasteiger partial charge >= 0.3 is 0 Å². The van der Waals surface area contributed by atoms with Crippen molar-refractivity contribution in [2.75, 3.05) is 22.9 Å². The van der Waals surface area contributed by atoms with Gasteiger partial charge in [0.1, 0.15) is 0 Å². The number of nitrogen functional groups attached to an aromatic ring is 4. The second kappa shape index (κ2) is 6.38. The summed E-state index contributed by atoms with van der Waals surface area (Å²) in [6.07, 6.45) is 0. The first kappa shape index (κ1) is 15.5. The zero-order valence-corrected chi connectivity index (χ0v) is 13.2. The van der Waals surface area contributed by atoms with Gasteiger partial charge in [-0.05, 0) is 57.9 Å². The Hall–Kier alpha value is -3.40. The van der Waals surface area contributed by atoms with Gasteiger partial charge in [0.05, 0.1) is 11.4 Å². The summed E-state index contributed by atoms with van der Waals surface area (Å²) >= 11 is 0. The minimum atomic E-state index is 0.647. The standard InChI is InChI=1S/2C10H10N2/c11-9-3-1-7-5-10(12)4-2-8(7)6-9;11-9-5-7-3-1-2-4-8(7)6-10(9)12/h2*1-6H,11-12H2. The van der Waals surface area contributed by atoms with Gasteiger partial charge in [-0.1, -0.05) is 36.4 Å². The van der Waals surface area contributed by atoms with Crippen LogP contribution in [0.4, 0.5) is 22.7 Å². The second-order valence-electron chi connectivity index (χ2n) is 5.69. The van der Waals surface area contributed by atoms with E-state index in [-0.39, 0.29) is 0 Å². The minimum Gasteiger partial charge on any atom is -0.399 e. The molecule has 0 radical (unpaired) electrons. The third-order valence-corrected chi connectivity index (χ3v) is 3.84. The molecule has 0 saturated heterocycles. The molecule has 4 heteroatoms. The maximum Gasteiger partial charge on any atom is 0.0554 e. The molecule has 0 unspecified atom stereocenters. The molecule has 0 fully saturated rings. The van der Waals surface area contributed by atoms with Gasteiger partial charge in [-0.25, -0.2) is 0 Å². The number of rotatable bonds is 0. The van der Waals surface area contributed by atoms with Gasteiger partial charge in [-0.15, -0.1) is 0 Å². The van der Waals surface area contributed by atoms with Gasteiger partial charge in [-0.2, -0.15) is 0 Å². The van der Waals surface area contributed by atoms with Crippen molar-refractivity contribution in [2.24, 2.45) is 0 Å². The summed E-state index contributed by atoms with van der Waals surface area (Å²) in [6.45, 7) is 0. The molecule has 120 valence electrons. The molecular formula is C20H20N4. The fourth-order valence-corrected chi connectivity index (χ4v) is 2.56. The van der Waals surface area contributed by atoms with Crippen LogP contribution < -0.4 is 22.9 Å². The van der Waals surface area contributed by atoms with Gasteiger partial charge in [-0.3, -0.25) is 0 Å². The molecule has 0 bridgehead atoms. The number of anilines is 4. The molecule has 4 aromatic carbocycles. The number of nitrogens with two attached hydrogens (primary N) is 4. The topological polar surface area (TPSA) is 104 Å². The lowest BCUT2D eigenvalue weighted by atomic mass is 10.1. The van der Waals surface area contributed by atoms with Crippen LogP contribution in [0.3, 0.4) is 0 Å². The van der Waals surface area contributed by atoms with Gasteiger partial charge in [0.25, 0.3) is 0 Å². The van der Waals surface area contributed by atoms with Crippen molar-refractivity contribution < 1.29 is 0 Å². The Labute approximate surface area is 140 Å². The average molecular weight is 316 g/mol. The van der Waals surface area contributed by atoms with E-state index in [1.54, 1.807) is 0 Å². The quantitative estimate of drug-likeness (QED) is 0.368. The maximum atomic E-state index is 5.66. The molecule has 24 heavy (non-hydrogen) atoms. The molecule has 4 nitrogen and oxygen atoms in total.